The molecule has 0 saturated heterocycles. The minimum absolute atomic E-state index is 0.0804. The molecule has 8 nitrogen and oxygen atoms in total. The molecule has 1 fully saturated rings. The first kappa shape index (κ1) is 17.8. The Morgan fingerprint density at radius 2 is 2.09 bits per heavy atom. The van der Waals surface area contributed by atoms with Gasteiger partial charge >= 0.3 is 0 Å². The average Bonchev–Trinajstić information content (AvgIpc) is 2.87. The highest BCUT2D eigenvalue weighted by molar-refractivity contribution is 7.91. The van der Waals surface area contributed by atoms with Crippen molar-refractivity contribution < 1.29 is 13.2 Å². The van der Waals surface area contributed by atoms with Crippen LogP contribution in [0, 0.1) is 5.92 Å². The molecule has 0 spiro atoms. The largest absolute Gasteiger partial charge is 0.352 e. The number of nitrogens with zero attached hydrogens (tertiary/aromatic N) is 4. The topological polar surface area (TPSA) is 107 Å². The number of nitrogens with one attached hydrogen (secondary N) is 1. The zero-order valence-corrected chi connectivity index (χ0v) is 14.5. The molecule has 1 aromatic heterocycles. The van der Waals surface area contributed by atoms with E-state index in [1.807, 2.05) is 6.92 Å². The van der Waals surface area contributed by atoms with Crippen molar-refractivity contribution in [3.8, 4) is 0 Å². The van der Waals surface area contributed by atoms with Gasteiger partial charge in [-0.15, -0.1) is 5.10 Å². The Kier molecular flexibility index (Phi) is 6.09. The third-order valence-corrected chi connectivity index (χ3v) is 5.60. The Bertz CT molecular complexity index is 628. The smallest absolute Gasteiger partial charge is 0.235 e. The minimum Gasteiger partial charge on any atom is -0.352 e. The average molecular weight is 343 g/mol. The maximum atomic E-state index is 12.2. The van der Waals surface area contributed by atoms with Crippen molar-refractivity contribution in [2.24, 2.45) is 5.92 Å². The SMILES string of the molecule is CCCn1nnnc1CS(=O)(=O)CC(=O)NC1CCCCC1C. The lowest BCUT2D eigenvalue weighted by Gasteiger charge is -2.29. The van der Waals surface area contributed by atoms with Crippen LogP contribution in [0.25, 0.3) is 0 Å². The van der Waals surface area contributed by atoms with Gasteiger partial charge in [-0.25, -0.2) is 13.1 Å². The number of hydrogen-bond acceptors (Lipinski definition) is 6. The number of amides is 1. The van der Waals surface area contributed by atoms with E-state index in [1.54, 1.807) is 0 Å². The fourth-order valence-corrected chi connectivity index (χ4v) is 4.12. The Hall–Kier alpha value is -1.51. The number of hydrogen-bond donors (Lipinski definition) is 1. The lowest BCUT2D eigenvalue weighted by Crippen LogP contribution is -2.43. The van der Waals surface area contributed by atoms with Crippen LogP contribution in [0.15, 0.2) is 0 Å². The molecule has 0 aromatic carbocycles. The normalized spacial score (nSPS) is 22.0. The van der Waals surface area contributed by atoms with E-state index in [2.05, 4.69) is 27.8 Å². The van der Waals surface area contributed by atoms with Crippen molar-refractivity contribution in [2.75, 3.05) is 5.75 Å². The van der Waals surface area contributed by atoms with E-state index in [0.29, 0.717) is 12.5 Å². The second-order valence-corrected chi connectivity index (χ2v) is 8.35. The molecule has 0 radical (unpaired) electrons. The van der Waals surface area contributed by atoms with Crippen LogP contribution in [0.5, 0.6) is 0 Å². The number of carbonyl (C=O) groups is 1. The number of rotatable bonds is 7. The first-order valence-electron chi connectivity index (χ1n) is 8.16. The number of aryl methyl sites for hydroxylation is 1. The van der Waals surface area contributed by atoms with Crippen LogP contribution < -0.4 is 5.32 Å². The van der Waals surface area contributed by atoms with E-state index in [-0.39, 0.29) is 17.6 Å². The zero-order valence-electron chi connectivity index (χ0n) is 13.7. The molecule has 1 N–H and O–H groups in total. The summed E-state index contributed by atoms with van der Waals surface area (Å²) in [7, 11) is -3.59. The summed E-state index contributed by atoms with van der Waals surface area (Å²) >= 11 is 0. The molecule has 23 heavy (non-hydrogen) atoms. The van der Waals surface area contributed by atoms with Crippen molar-refractivity contribution in [1.82, 2.24) is 25.5 Å². The summed E-state index contributed by atoms with van der Waals surface area (Å²) in [4.78, 5) is 12.1. The minimum atomic E-state index is -3.59. The van der Waals surface area contributed by atoms with Gasteiger partial charge in [-0.3, -0.25) is 4.79 Å². The van der Waals surface area contributed by atoms with Gasteiger partial charge in [0.1, 0.15) is 11.5 Å². The van der Waals surface area contributed by atoms with Crippen LogP contribution in [-0.2, 0) is 26.9 Å². The first-order chi connectivity index (χ1) is 10.9. The first-order valence-corrected chi connectivity index (χ1v) is 9.98. The zero-order chi connectivity index (χ0) is 16.9. The van der Waals surface area contributed by atoms with E-state index in [9.17, 15) is 13.2 Å². The van der Waals surface area contributed by atoms with Crippen LogP contribution >= 0.6 is 0 Å². The quantitative estimate of drug-likeness (QED) is 0.781. The predicted octanol–water partition coefficient (Wildman–Crippen LogP) is 0.693. The molecule has 2 rings (SSSR count). The van der Waals surface area contributed by atoms with Crippen molar-refractivity contribution in [3.05, 3.63) is 5.82 Å². The third-order valence-electron chi connectivity index (χ3n) is 4.20. The molecular formula is C14H25N5O3S. The van der Waals surface area contributed by atoms with E-state index in [0.717, 1.165) is 25.7 Å². The monoisotopic (exact) mass is 343 g/mol. The van der Waals surface area contributed by atoms with Crippen LogP contribution in [0.3, 0.4) is 0 Å². The molecule has 1 heterocycles. The Morgan fingerprint density at radius 3 is 2.78 bits per heavy atom. The van der Waals surface area contributed by atoms with Gasteiger partial charge in [0, 0.05) is 12.6 Å². The number of tetrazole rings is 1. The number of carbonyl (C=O) groups excluding carboxylic acids is 1. The summed E-state index contributed by atoms with van der Waals surface area (Å²) in [6.07, 6.45) is 5.04. The molecular weight excluding hydrogens is 318 g/mol. The second-order valence-electron chi connectivity index (χ2n) is 6.29. The molecule has 9 heteroatoms. The van der Waals surface area contributed by atoms with Gasteiger partial charge in [-0.2, -0.15) is 0 Å². The van der Waals surface area contributed by atoms with E-state index < -0.39 is 21.5 Å². The molecule has 1 aromatic rings. The molecule has 0 bridgehead atoms. The highest BCUT2D eigenvalue weighted by atomic mass is 32.2. The Labute approximate surface area is 136 Å². The van der Waals surface area contributed by atoms with Gasteiger partial charge < -0.3 is 5.32 Å². The lowest BCUT2D eigenvalue weighted by atomic mass is 9.86. The summed E-state index contributed by atoms with van der Waals surface area (Å²) in [6, 6.07) is 0.0804. The van der Waals surface area contributed by atoms with Gasteiger partial charge in [-0.05, 0) is 35.6 Å². The predicted molar refractivity (Wildman–Crippen MR) is 85.2 cm³/mol. The summed E-state index contributed by atoms with van der Waals surface area (Å²) in [6.45, 7) is 4.61. The highest BCUT2D eigenvalue weighted by Crippen LogP contribution is 2.23. The molecule has 2 atom stereocenters. The maximum Gasteiger partial charge on any atom is 0.235 e. The van der Waals surface area contributed by atoms with Gasteiger partial charge in [0.2, 0.25) is 5.91 Å². The Morgan fingerprint density at radius 1 is 1.35 bits per heavy atom. The third kappa shape index (κ3) is 5.26. The second kappa shape index (κ2) is 7.85. The van der Waals surface area contributed by atoms with Crippen LogP contribution in [-0.4, -0.2) is 46.3 Å². The van der Waals surface area contributed by atoms with Crippen molar-refractivity contribution >= 4 is 15.7 Å². The lowest BCUT2D eigenvalue weighted by molar-refractivity contribution is -0.119. The highest BCUT2D eigenvalue weighted by Gasteiger charge is 2.26. The molecule has 1 amide bonds. The fourth-order valence-electron chi connectivity index (χ4n) is 2.94. The van der Waals surface area contributed by atoms with Crippen molar-refractivity contribution in [2.45, 2.75) is 64.3 Å². The molecule has 0 aliphatic heterocycles. The number of aromatic nitrogens is 4. The maximum absolute atomic E-state index is 12.2. The van der Waals surface area contributed by atoms with E-state index >= 15 is 0 Å². The fraction of sp³-hybridized carbons (Fsp3) is 0.857. The summed E-state index contributed by atoms with van der Waals surface area (Å²) in [5.74, 6) is -0.584. The van der Waals surface area contributed by atoms with Crippen molar-refractivity contribution in [1.29, 1.82) is 0 Å². The van der Waals surface area contributed by atoms with Crippen LogP contribution in [0.4, 0.5) is 0 Å². The van der Waals surface area contributed by atoms with Gasteiger partial charge in [0.05, 0.1) is 0 Å². The van der Waals surface area contributed by atoms with Crippen LogP contribution in [0.1, 0.15) is 51.8 Å². The van der Waals surface area contributed by atoms with E-state index in [4.69, 9.17) is 0 Å². The summed E-state index contributed by atoms with van der Waals surface area (Å²) in [5.41, 5.74) is 0. The summed E-state index contributed by atoms with van der Waals surface area (Å²) < 4.78 is 25.9. The Balaban J connectivity index is 1.92. The van der Waals surface area contributed by atoms with Crippen molar-refractivity contribution in [3.63, 3.8) is 0 Å². The molecule has 130 valence electrons. The van der Waals surface area contributed by atoms with E-state index in [1.165, 1.54) is 11.1 Å². The molecule has 1 saturated carbocycles. The van der Waals surface area contributed by atoms with Gasteiger partial charge in [-0.1, -0.05) is 26.7 Å². The molecule has 1 aliphatic rings. The van der Waals surface area contributed by atoms with Gasteiger partial charge in [0.15, 0.2) is 15.7 Å². The standard InChI is InChI=1S/C14H25N5O3S/c1-3-8-19-13(16-17-18-19)9-23(21,22)10-14(20)15-12-7-5-4-6-11(12)2/h11-12H,3-10H2,1-2H3,(H,15,20). The van der Waals surface area contributed by atoms with Crippen LogP contribution in [0.2, 0.25) is 0 Å². The summed E-state index contributed by atoms with van der Waals surface area (Å²) in [5, 5.41) is 13.9. The van der Waals surface area contributed by atoms with Gasteiger partial charge in [0.25, 0.3) is 0 Å². The number of sulfone groups is 1. The molecule has 1 aliphatic carbocycles. The molecule has 2 unspecified atom stereocenters.